The topological polar surface area (TPSA) is 46.3 Å². The largest absolute Gasteiger partial charge is 0.335 e. The van der Waals surface area contributed by atoms with E-state index in [0.29, 0.717) is 11.9 Å². The van der Waals surface area contributed by atoms with Crippen LogP contribution in [0.1, 0.15) is 43.2 Å². The molecule has 0 aromatic heterocycles. The van der Waals surface area contributed by atoms with E-state index in [4.69, 9.17) is 5.73 Å². The van der Waals surface area contributed by atoms with Crippen molar-refractivity contribution in [3.05, 3.63) is 35.4 Å². The molecule has 0 bridgehead atoms. The van der Waals surface area contributed by atoms with Crippen LogP contribution in [-0.2, 0) is 11.3 Å². The molecule has 2 saturated carbocycles. The van der Waals surface area contributed by atoms with E-state index in [1.54, 1.807) is 0 Å². The third-order valence-corrected chi connectivity index (χ3v) is 4.59. The molecule has 1 amide bonds. The van der Waals surface area contributed by atoms with Gasteiger partial charge in [-0.1, -0.05) is 36.2 Å². The van der Waals surface area contributed by atoms with Gasteiger partial charge in [0, 0.05) is 18.6 Å². The number of nitrogens with two attached hydrogens (primary N) is 1. The molecule has 1 aromatic carbocycles. The second-order valence-corrected chi connectivity index (χ2v) is 6.39. The molecule has 0 aliphatic heterocycles. The Kier molecular flexibility index (Phi) is 3.79. The molecule has 20 heavy (non-hydrogen) atoms. The average Bonchev–Trinajstić information content (AvgIpc) is 3.17. The molecule has 3 heteroatoms. The number of nitrogens with zero attached hydrogens (tertiary/aromatic N) is 1. The maximum Gasteiger partial charge on any atom is 0.227 e. The van der Waals surface area contributed by atoms with E-state index in [-0.39, 0.29) is 12.0 Å². The minimum absolute atomic E-state index is 0.0559. The van der Waals surface area contributed by atoms with E-state index in [0.717, 1.165) is 38.6 Å². The van der Waals surface area contributed by atoms with Crippen LogP contribution >= 0.6 is 0 Å². The number of benzene rings is 1. The third-order valence-electron chi connectivity index (χ3n) is 4.59. The Hall–Kier alpha value is -1.35. The minimum Gasteiger partial charge on any atom is -0.335 e. The van der Waals surface area contributed by atoms with Crippen molar-refractivity contribution in [2.75, 3.05) is 0 Å². The molecule has 0 spiro atoms. The van der Waals surface area contributed by atoms with Crippen molar-refractivity contribution in [3.63, 3.8) is 0 Å². The molecule has 3 rings (SSSR count). The number of hydrogen-bond acceptors (Lipinski definition) is 2. The molecule has 2 aliphatic carbocycles. The van der Waals surface area contributed by atoms with Crippen molar-refractivity contribution >= 4 is 5.91 Å². The molecule has 0 radical (unpaired) electrons. The molecular formula is C17H24N2O. The minimum atomic E-state index is 0.0559. The Morgan fingerprint density at radius 1 is 1.30 bits per heavy atom. The van der Waals surface area contributed by atoms with Gasteiger partial charge in [-0.3, -0.25) is 4.79 Å². The van der Waals surface area contributed by atoms with Crippen LogP contribution in [0.25, 0.3) is 0 Å². The SMILES string of the molecule is Cc1cccc(CN(C(=O)C2CCCC2N)C2CC2)c1. The molecule has 2 aliphatic rings. The van der Waals surface area contributed by atoms with Crippen molar-refractivity contribution in [1.29, 1.82) is 0 Å². The summed E-state index contributed by atoms with van der Waals surface area (Å²) in [6.07, 6.45) is 5.37. The van der Waals surface area contributed by atoms with Gasteiger partial charge in [0.15, 0.2) is 0 Å². The highest BCUT2D eigenvalue weighted by Gasteiger charge is 2.39. The molecule has 2 N–H and O–H groups in total. The van der Waals surface area contributed by atoms with Gasteiger partial charge in [0.1, 0.15) is 0 Å². The normalized spacial score (nSPS) is 25.7. The summed E-state index contributed by atoms with van der Waals surface area (Å²) < 4.78 is 0. The number of rotatable bonds is 4. The highest BCUT2D eigenvalue weighted by Crippen LogP contribution is 2.33. The molecule has 0 heterocycles. The second-order valence-electron chi connectivity index (χ2n) is 6.39. The number of hydrogen-bond donors (Lipinski definition) is 1. The van der Waals surface area contributed by atoms with Crippen molar-refractivity contribution in [2.45, 2.75) is 57.7 Å². The van der Waals surface area contributed by atoms with Crippen molar-refractivity contribution in [3.8, 4) is 0 Å². The van der Waals surface area contributed by atoms with Gasteiger partial charge >= 0.3 is 0 Å². The summed E-state index contributed by atoms with van der Waals surface area (Å²) in [4.78, 5) is 14.9. The van der Waals surface area contributed by atoms with Gasteiger partial charge in [-0.2, -0.15) is 0 Å². The van der Waals surface area contributed by atoms with Crippen LogP contribution in [0.5, 0.6) is 0 Å². The van der Waals surface area contributed by atoms with Crippen molar-refractivity contribution in [1.82, 2.24) is 4.90 Å². The summed E-state index contributed by atoms with van der Waals surface area (Å²) in [7, 11) is 0. The summed E-state index contributed by atoms with van der Waals surface area (Å²) in [6.45, 7) is 2.84. The first-order chi connectivity index (χ1) is 9.65. The van der Waals surface area contributed by atoms with Gasteiger partial charge in [-0.05, 0) is 38.2 Å². The molecule has 2 unspecified atom stereocenters. The second kappa shape index (κ2) is 5.57. The van der Waals surface area contributed by atoms with Gasteiger partial charge in [0.2, 0.25) is 5.91 Å². The van der Waals surface area contributed by atoms with Crippen LogP contribution in [0.3, 0.4) is 0 Å². The van der Waals surface area contributed by atoms with Crippen LogP contribution in [-0.4, -0.2) is 22.9 Å². The maximum atomic E-state index is 12.8. The summed E-state index contributed by atoms with van der Waals surface area (Å²) >= 11 is 0. The lowest BCUT2D eigenvalue weighted by molar-refractivity contribution is -0.137. The van der Waals surface area contributed by atoms with E-state index in [2.05, 4.69) is 36.1 Å². The number of amides is 1. The third kappa shape index (κ3) is 2.88. The van der Waals surface area contributed by atoms with Crippen LogP contribution in [0.15, 0.2) is 24.3 Å². The summed E-state index contributed by atoms with van der Waals surface area (Å²) in [5.41, 5.74) is 8.59. The fourth-order valence-electron chi connectivity index (χ4n) is 3.29. The smallest absolute Gasteiger partial charge is 0.227 e. The summed E-state index contributed by atoms with van der Waals surface area (Å²) in [5.74, 6) is 0.347. The van der Waals surface area contributed by atoms with Gasteiger partial charge in [-0.25, -0.2) is 0 Å². The number of carbonyl (C=O) groups is 1. The number of aryl methyl sites for hydroxylation is 1. The van der Waals surface area contributed by atoms with Gasteiger partial charge in [-0.15, -0.1) is 0 Å². The Morgan fingerprint density at radius 3 is 2.70 bits per heavy atom. The van der Waals surface area contributed by atoms with Crippen LogP contribution < -0.4 is 5.73 Å². The van der Waals surface area contributed by atoms with Gasteiger partial charge in [0.25, 0.3) is 0 Å². The predicted molar refractivity (Wildman–Crippen MR) is 80.1 cm³/mol. The lowest BCUT2D eigenvalue weighted by atomic mass is 10.0. The molecule has 108 valence electrons. The zero-order valence-corrected chi connectivity index (χ0v) is 12.2. The van der Waals surface area contributed by atoms with Crippen molar-refractivity contribution in [2.24, 2.45) is 11.7 Å². The zero-order chi connectivity index (χ0) is 14.1. The highest BCUT2D eigenvalue weighted by atomic mass is 16.2. The molecule has 2 fully saturated rings. The Labute approximate surface area is 121 Å². The zero-order valence-electron chi connectivity index (χ0n) is 12.2. The Morgan fingerprint density at radius 2 is 2.10 bits per heavy atom. The maximum absolute atomic E-state index is 12.8. The van der Waals surface area contributed by atoms with Gasteiger partial charge < -0.3 is 10.6 Å². The monoisotopic (exact) mass is 272 g/mol. The van der Waals surface area contributed by atoms with E-state index in [1.165, 1.54) is 11.1 Å². The Balaban J connectivity index is 1.74. The lowest BCUT2D eigenvalue weighted by Gasteiger charge is -2.27. The van der Waals surface area contributed by atoms with Crippen LogP contribution in [0.2, 0.25) is 0 Å². The first-order valence-corrected chi connectivity index (χ1v) is 7.77. The van der Waals surface area contributed by atoms with E-state index in [1.807, 2.05) is 0 Å². The molecule has 0 saturated heterocycles. The van der Waals surface area contributed by atoms with E-state index in [9.17, 15) is 4.79 Å². The quantitative estimate of drug-likeness (QED) is 0.916. The first-order valence-electron chi connectivity index (χ1n) is 7.77. The van der Waals surface area contributed by atoms with E-state index < -0.39 is 0 Å². The fraction of sp³-hybridized carbons (Fsp3) is 0.588. The molecule has 3 nitrogen and oxygen atoms in total. The predicted octanol–water partition coefficient (Wildman–Crippen LogP) is 2.61. The average molecular weight is 272 g/mol. The van der Waals surface area contributed by atoms with Crippen LogP contribution in [0.4, 0.5) is 0 Å². The number of carbonyl (C=O) groups excluding carboxylic acids is 1. The first kappa shape index (κ1) is 13.6. The van der Waals surface area contributed by atoms with E-state index >= 15 is 0 Å². The van der Waals surface area contributed by atoms with Gasteiger partial charge in [0.05, 0.1) is 5.92 Å². The summed E-state index contributed by atoms with van der Waals surface area (Å²) in [6, 6.07) is 8.99. The molecular weight excluding hydrogens is 248 g/mol. The molecule has 1 aromatic rings. The van der Waals surface area contributed by atoms with Crippen molar-refractivity contribution < 1.29 is 4.79 Å². The Bertz CT molecular complexity index is 496. The van der Waals surface area contributed by atoms with Crippen LogP contribution in [0, 0.1) is 12.8 Å². The fourth-order valence-corrected chi connectivity index (χ4v) is 3.29. The summed E-state index contributed by atoms with van der Waals surface area (Å²) in [5, 5.41) is 0. The highest BCUT2D eigenvalue weighted by molar-refractivity contribution is 5.80. The standard InChI is InChI=1S/C17H24N2O/c1-12-4-2-5-13(10-12)11-19(14-8-9-14)17(20)15-6-3-7-16(15)18/h2,4-5,10,14-16H,3,6-9,11,18H2,1H3. The lowest BCUT2D eigenvalue weighted by Crippen LogP contribution is -2.42. The molecule has 2 atom stereocenters.